The third kappa shape index (κ3) is 4.26. The summed E-state index contributed by atoms with van der Waals surface area (Å²) in [4.78, 5) is 31.0. The molecule has 0 aliphatic carbocycles. The highest BCUT2D eigenvalue weighted by Gasteiger charge is 2.12. The summed E-state index contributed by atoms with van der Waals surface area (Å²) in [5, 5.41) is 9.35. The van der Waals surface area contributed by atoms with Crippen LogP contribution in [0.2, 0.25) is 0 Å². The lowest BCUT2D eigenvalue weighted by Crippen LogP contribution is -2.12. The van der Waals surface area contributed by atoms with Gasteiger partial charge in [0.2, 0.25) is 0 Å². The molecule has 1 aromatic rings. The van der Waals surface area contributed by atoms with E-state index >= 15 is 0 Å². The lowest BCUT2D eigenvalue weighted by Gasteiger charge is -2.05. The Labute approximate surface area is 103 Å². The number of phenols is 1. The molecule has 0 amide bonds. The summed E-state index contributed by atoms with van der Waals surface area (Å²) in [6.07, 6.45) is 1.01. The predicted octanol–water partition coefficient (Wildman–Crippen LogP) is 1.21. The standard InChI is InChI=1S/C12H12O6/c1-2-11(14)16-7-8-17-18-12(15)9-5-3-4-6-10(9)13/h2-6,13H,1,7-8H2. The zero-order valence-corrected chi connectivity index (χ0v) is 9.50. The van der Waals surface area contributed by atoms with E-state index in [9.17, 15) is 14.7 Å². The van der Waals surface area contributed by atoms with Gasteiger partial charge >= 0.3 is 11.9 Å². The van der Waals surface area contributed by atoms with Crippen LogP contribution in [0.3, 0.4) is 0 Å². The lowest BCUT2D eigenvalue weighted by molar-refractivity contribution is -0.246. The van der Waals surface area contributed by atoms with Crippen LogP contribution < -0.4 is 0 Å². The van der Waals surface area contributed by atoms with Crippen LogP contribution in [0.15, 0.2) is 36.9 Å². The molecule has 0 saturated carbocycles. The van der Waals surface area contributed by atoms with Crippen LogP contribution in [0.25, 0.3) is 0 Å². The summed E-state index contributed by atoms with van der Waals surface area (Å²) in [6, 6.07) is 5.88. The van der Waals surface area contributed by atoms with Gasteiger partial charge in [0.1, 0.15) is 24.5 Å². The van der Waals surface area contributed by atoms with E-state index in [0.717, 1.165) is 6.08 Å². The van der Waals surface area contributed by atoms with Crippen LogP contribution in [0.5, 0.6) is 5.75 Å². The summed E-state index contributed by atoms with van der Waals surface area (Å²) < 4.78 is 4.58. The van der Waals surface area contributed by atoms with Crippen molar-refractivity contribution in [3.05, 3.63) is 42.5 Å². The van der Waals surface area contributed by atoms with Crippen molar-refractivity contribution in [3.8, 4) is 5.75 Å². The number of carbonyl (C=O) groups excluding carboxylic acids is 2. The Bertz CT molecular complexity index is 440. The van der Waals surface area contributed by atoms with Crippen LogP contribution >= 0.6 is 0 Å². The first kappa shape index (κ1) is 13.7. The molecular formula is C12H12O6. The molecule has 0 aliphatic heterocycles. The molecule has 6 heteroatoms. The van der Waals surface area contributed by atoms with Crippen LogP contribution in [0.1, 0.15) is 10.4 Å². The van der Waals surface area contributed by atoms with Gasteiger partial charge in [0, 0.05) is 6.08 Å². The highest BCUT2D eigenvalue weighted by atomic mass is 17.2. The monoisotopic (exact) mass is 252 g/mol. The number of rotatable bonds is 6. The van der Waals surface area contributed by atoms with Crippen LogP contribution in [0.4, 0.5) is 0 Å². The molecular weight excluding hydrogens is 240 g/mol. The zero-order chi connectivity index (χ0) is 13.4. The Balaban J connectivity index is 2.28. The van der Waals surface area contributed by atoms with Crippen molar-refractivity contribution in [1.82, 2.24) is 0 Å². The molecule has 0 spiro atoms. The fraction of sp³-hybridized carbons (Fsp3) is 0.167. The van der Waals surface area contributed by atoms with Crippen molar-refractivity contribution < 1.29 is 29.2 Å². The lowest BCUT2D eigenvalue weighted by atomic mass is 10.2. The number of ether oxygens (including phenoxy) is 1. The van der Waals surface area contributed by atoms with Crippen LogP contribution in [-0.2, 0) is 19.3 Å². The molecule has 0 heterocycles. The Morgan fingerprint density at radius 3 is 2.67 bits per heavy atom. The second-order valence-electron chi connectivity index (χ2n) is 3.08. The average Bonchev–Trinajstić information content (AvgIpc) is 2.38. The molecule has 0 aromatic heterocycles. The van der Waals surface area contributed by atoms with Crippen molar-refractivity contribution in [2.75, 3.05) is 13.2 Å². The maximum atomic E-state index is 11.4. The first-order chi connectivity index (χ1) is 8.65. The number of para-hydroxylation sites is 1. The minimum atomic E-state index is -0.830. The Morgan fingerprint density at radius 1 is 1.28 bits per heavy atom. The third-order valence-electron chi connectivity index (χ3n) is 1.84. The Kier molecular flexibility index (Phi) is 5.40. The number of benzene rings is 1. The van der Waals surface area contributed by atoms with E-state index in [-0.39, 0.29) is 24.5 Å². The minimum Gasteiger partial charge on any atom is -0.507 e. The van der Waals surface area contributed by atoms with Crippen LogP contribution in [0, 0.1) is 0 Å². The average molecular weight is 252 g/mol. The zero-order valence-electron chi connectivity index (χ0n) is 9.50. The van der Waals surface area contributed by atoms with Gasteiger partial charge in [-0.15, -0.1) is 0 Å². The van der Waals surface area contributed by atoms with Gasteiger partial charge in [-0.3, -0.25) is 4.89 Å². The van der Waals surface area contributed by atoms with Crippen molar-refractivity contribution in [3.63, 3.8) is 0 Å². The molecule has 0 radical (unpaired) electrons. The van der Waals surface area contributed by atoms with Gasteiger partial charge in [-0.05, 0) is 12.1 Å². The molecule has 1 aromatic carbocycles. The second kappa shape index (κ2) is 7.08. The van der Waals surface area contributed by atoms with E-state index in [0.29, 0.717) is 0 Å². The normalized spacial score (nSPS) is 9.56. The van der Waals surface area contributed by atoms with Gasteiger partial charge < -0.3 is 9.84 Å². The Hall–Kier alpha value is -2.34. The predicted molar refractivity (Wildman–Crippen MR) is 60.6 cm³/mol. The van der Waals surface area contributed by atoms with Gasteiger partial charge in [-0.2, -0.15) is 4.89 Å². The molecule has 0 aliphatic rings. The quantitative estimate of drug-likeness (QED) is 0.269. The molecule has 6 nitrogen and oxygen atoms in total. The molecule has 1 N–H and O–H groups in total. The van der Waals surface area contributed by atoms with Gasteiger partial charge in [-0.1, -0.05) is 18.7 Å². The molecule has 0 bridgehead atoms. The molecule has 0 unspecified atom stereocenters. The van der Waals surface area contributed by atoms with E-state index in [4.69, 9.17) is 0 Å². The van der Waals surface area contributed by atoms with E-state index < -0.39 is 11.9 Å². The Morgan fingerprint density at radius 2 is 2.00 bits per heavy atom. The number of carbonyl (C=O) groups is 2. The van der Waals surface area contributed by atoms with Crippen molar-refractivity contribution in [1.29, 1.82) is 0 Å². The smallest absolute Gasteiger partial charge is 0.376 e. The molecule has 96 valence electrons. The highest BCUT2D eigenvalue weighted by Crippen LogP contribution is 2.16. The number of esters is 1. The summed E-state index contributed by atoms with van der Waals surface area (Å²) >= 11 is 0. The van der Waals surface area contributed by atoms with Gasteiger partial charge in [-0.25, -0.2) is 9.59 Å². The second-order valence-corrected chi connectivity index (χ2v) is 3.08. The topological polar surface area (TPSA) is 82.1 Å². The first-order valence-corrected chi connectivity index (χ1v) is 5.06. The molecule has 0 saturated heterocycles. The van der Waals surface area contributed by atoms with Gasteiger partial charge in [0.15, 0.2) is 0 Å². The van der Waals surface area contributed by atoms with E-state index in [1.165, 1.54) is 12.1 Å². The van der Waals surface area contributed by atoms with E-state index in [1.807, 2.05) is 0 Å². The fourth-order valence-corrected chi connectivity index (χ4v) is 1.02. The SMILES string of the molecule is C=CC(=O)OCCOOC(=O)c1ccccc1O. The molecule has 1 rings (SSSR count). The van der Waals surface area contributed by atoms with E-state index in [1.54, 1.807) is 12.1 Å². The van der Waals surface area contributed by atoms with E-state index in [2.05, 4.69) is 21.1 Å². The van der Waals surface area contributed by atoms with Crippen molar-refractivity contribution in [2.45, 2.75) is 0 Å². The number of phenolic OH excluding ortho intramolecular Hbond substituents is 1. The molecule has 0 fully saturated rings. The van der Waals surface area contributed by atoms with Crippen molar-refractivity contribution in [2.24, 2.45) is 0 Å². The summed E-state index contributed by atoms with van der Waals surface area (Å²) in [6.45, 7) is 3.03. The highest BCUT2D eigenvalue weighted by molar-refractivity contribution is 5.91. The molecule has 0 atom stereocenters. The largest absolute Gasteiger partial charge is 0.507 e. The summed E-state index contributed by atoms with van der Waals surface area (Å²) in [5.41, 5.74) is -0.0133. The van der Waals surface area contributed by atoms with Crippen molar-refractivity contribution >= 4 is 11.9 Å². The summed E-state index contributed by atoms with van der Waals surface area (Å²) in [5.74, 6) is -1.63. The first-order valence-electron chi connectivity index (χ1n) is 5.06. The van der Waals surface area contributed by atoms with Gasteiger partial charge in [0.05, 0.1) is 0 Å². The number of hydrogen-bond acceptors (Lipinski definition) is 6. The number of hydrogen-bond donors (Lipinski definition) is 1. The van der Waals surface area contributed by atoms with Crippen LogP contribution in [-0.4, -0.2) is 30.3 Å². The van der Waals surface area contributed by atoms with Gasteiger partial charge in [0.25, 0.3) is 0 Å². The summed E-state index contributed by atoms with van der Waals surface area (Å²) in [7, 11) is 0. The third-order valence-corrected chi connectivity index (χ3v) is 1.84. The fourth-order valence-electron chi connectivity index (χ4n) is 1.02. The molecule has 18 heavy (non-hydrogen) atoms. The maximum absolute atomic E-state index is 11.4. The number of aromatic hydroxyl groups is 1. The minimum absolute atomic E-state index is 0.0133. The maximum Gasteiger partial charge on any atom is 0.376 e.